The quantitative estimate of drug-likeness (QED) is 0.784. The third-order valence-corrected chi connectivity index (χ3v) is 5.57. The Kier molecular flexibility index (Phi) is 4.68. The predicted octanol–water partition coefficient (Wildman–Crippen LogP) is 2.56. The second-order valence-electron chi connectivity index (χ2n) is 7.82. The molecule has 0 spiro atoms. The van der Waals surface area contributed by atoms with Crippen molar-refractivity contribution in [2.75, 3.05) is 26.3 Å². The van der Waals surface area contributed by atoms with E-state index in [1.54, 1.807) is 0 Å². The van der Waals surface area contributed by atoms with E-state index in [0.717, 1.165) is 37.6 Å². The van der Waals surface area contributed by atoms with Crippen molar-refractivity contribution in [3.05, 3.63) is 0 Å². The van der Waals surface area contributed by atoms with E-state index in [9.17, 15) is 0 Å². The van der Waals surface area contributed by atoms with Crippen LogP contribution in [0.5, 0.6) is 0 Å². The van der Waals surface area contributed by atoms with Gasteiger partial charge in [0.15, 0.2) is 0 Å². The summed E-state index contributed by atoms with van der Waals surface area (Å²) in [6, 6.07) is 1.31. The van der Waals surface area contributed by atoms with Crippen molar-refractivity contribution in [2.24, 2.45) is 17.3 Å². The highest BCUT2D eigenvalue weighted by Gasteiger charge is 2.44. The minimum Gasteiger partial charge on any atom is -0.379 e. The number of nitrogens with one attached hydrogen (secondary N) is 2. The van der Waals surface area contributed by atoms with Crippen LogP contribution in [-0.4, -0.2) is 38.4 Å². The lowest BCUT2D eigenvalue weighted by Gasteiger charge is -2.34. The van der Waals surface area contributed by atoms with Crippen LogP contribution in [0.25, 0.3) is 0 Å². The van der Waals surface area contributed by atoms with Gasteiger partial charge >= 0.3 is 0 Å². The van der Waals surface area contributed by atoms with Crippen LogP contribution in [-0.2, 0) is 4.74 Å². The van der Waals surface area contributed by atoms with Crippen LogP contribution in [0.3, 0.4) is 0 Å². The van der Waals surface area contributed by atoms with E-state index in [0.29, 0.717) is 11.5 Å². The first kappa shape index (κ1) is 14.8. The molecule has 0 aromatic rings. The van der Waals surface area contributed by atoms with Crippen molar-refractivity contribution in [3.63, 3.8) is 0 Å². The first-order valence-electron chi connectivity index (χ1n) is 8.73. The molecule has 3 rings (SSSR count). The van der Waals surface area contributed by atoms with Crippen molar-refractivity contribution >= 4 is 0 Å². The lowest BCUT2D eigenvalue weighted by atomic mass is 9.91. The lowest BCUT2D eigenvalue weighted by molar-refractivity contribution is 0.0521. The van der Waals surface area contributed by atoms with Gasteiger partial charge in [0, 0.05) is 25.2 Å². The number of rotatable bonds is 6. The summed E-state index contributed by atoms with van der Waals surface area (Å²) >= 11 is 0. The smallest absolute Gasteiger partial charge is 0.0623 e. The zero-order chi connectivity index (χ0) is 14.0. The van der Waals surface area contributed by atoms with Gasteiger partial charge in [-0.1, -0.05) is 20.3 Å². The van der Waals surface area contributed by atoms with Crippen molar-refractivity contribution in [2.45, 2.75) is 64.5 Å². The lowest BCUT2D eigenvalue weighted by Crippen LogP contribution is -2.51. The van der Waals surface area contributed by atoms with E-state index in [1.807, 2.05) is 0 Å². The van der Waals surface area contributed by atoms with Crippen LogP contribution in [0.4, 0.5) is 0 Å². The predicted molar refractivity (Wildman–Crippen MR) is 82.9 cm³/mol. The molecule has 2 aliphatic carbocycles. The van der Waals surface area contributed by atoms with Crippen LogP contribution in [0.1, 0.15) is 52.4 Å². The maximum Gasteiger partial charge on any atom is 0.0623 e. The minimum atomic E-state index is 0.587. The van der Waals surface area contributed by atoms with Crippen LogP contribution < -0.4 is 10.6 Å². The Morgan fingerprint density at radius 3 is 2.80 bits per heavy atom. The molecule has 0 amide bonds. The minimum absolute atomic E-state index is 0.587. The Bertz CT molecular complexity index is 308. The Morgan fingerprint density at radius 1 is 1.30 bits per heavy atom. The summed E-state index contributed by atoms with van der Waals surface area (Å²) in [7, 11) is 0. The highest BCUT2D eigenvalue weighted by molar-refractivity contribution is 4.98. The van der Waals surface area contributed by atoms with Gasteiger partial charge in [-0.2, -0.15) is 0 Å². The molecule has 3 atom stereocenters. The molecular weight excluding hydrogens is 248 g/mol. The Hall–Kier alpha value is -0.120. The summed E-state index contributed by atoms with van der Waals surface area (Å²) < 4.78 is 5.66. The SMILES string of the molecule is CC(C)CC1(CNC2CCCC2C2COCCN2)CC1. The van der Waals surface area contributed by atoms with E-state index in [4.69, 9.17) is 4.74 Å². The molecule has 3 unspecified atom stereocenters. The molecule has 20 heavy (non-hydrogen) atoms. The number of hydrogen-bond donors (Lipinski definition) is 2. The summed E-state index contributed by atoms with van der Waals surface area (Å²) in [5, 5.41) is 7.61. The van der Waals surface area contributed by atoms with Gasteiger partial charge in [0.25, 0.3) is 0 Å². The normalized spacial score (nSPS) is 36.5. The summed E-state index contributed by atoms with van der Waals surface area (Å²) in [6.07, 6.45) is 8.41. The van der Waals surface area contributed by atoms with Gasteiger partial charge in [0.1, 0.15) is 0 Å². The average Bonchev–Trinajstić information content (AvgIpc) is 3.03. The summed E-state index contributed by atoms with van der Waals surface area (Å²) in [5.41, 5.74) is 0.651. The molecule has 0 radical (unpaired) electrons. The van der Waals surface area contributed by atoms with Crippen molar-refractivity contribution < 1.29 is 4.74 Å². The third kappa shape index (κ3) is 3.55. The maximum atomic E-state index is 5.66. The number of hydrogen-bond acceptors (Lipinski definition) is 3. The van der Waals surface area contributed by atoms with Gasteiger partial charge in [-0.3, -0.25) is 0 Å². The number of ether oxygens (including phenoxy) is 1. The summed E-state index contributed by atoms with van der Waals surface area (Å²) in [4.78, 5) is 0. The van der Waals surface area contributed by atoms with E-state index >= 15 is 0 Å². The molecule has 1 aliphatic heterocycles. The molecule has 0 aromatic heterocycles. The molecule has 3 aliphatic rings. The van der Waals surface area contributed by atoms with Crippen LogP contribution >= 0.6 is 0 Å². The topological polar surface area (TPSA) is 33.3 Å². The van der Waals surface area contributed by atoms with Crippen molar-refractivity contribution in [1.82, 2.24) is 10.6 Å². The molecule has 1 saturated heterocycles. The molecule has 0 bridgehead atoms. The van der Waals surface area contributed by atoms with Gasteiger partial charge in [-0.15, -0.1) is 0 Å². The first-order valence-corrected chi connectivity index (χ1v) is 8.73. The van der Waals surface area contributed by atoms with Gasteiger partial charge < -0.3 is 15.4 Å². The maximum absolute atomic E-state index is 5.66. The molecule has 3 nitrogen and oxygen atoms in total. The molecule has 2 N–H and O–H groups in total. The second kappa shape index (κ2) is 6.33. The Morgan fingerprint density at radius 2 is 2.15 bits per heavy atom. The summed E-state index contributed by atoms with van der Waals surface area (Å²) in [5.74, 6) is 1.62. The third-order valence-electron chi connectivity index (χ3n) is 5.57. The van der Waals surface area contributed by atoms with Gasteiger partial charge in [0.05, 0.1) is 13.2 Å². The van der Waals surface area contributed by atoms with Crippen molar-refractivity contribution in [1.29, 1.82) is 0 Å². The Labute approximate surface area is 124 Å². The van der Waals surface area contributed by atoms with Crippen molar-refractivity contribution in [3.8, 4) is 0 Å². The molecule has 2 saturated carbocycles. The van der Waals surface area contributed by atoms with Crippen LogP contribution in [0, 0.1) is 17.3 Å². The molecule has 0 aromatic carbocycles. The highest BCUT2D eigenvalue weighted by atomic mass is 16.5. The number of morpholine rings is 1. The first-order chi connectivity index (χ1) is 9.69. The molecule has 116 valence electrons. The van der Waals surface area contributed by atoms with Gasteiger partial charge in [-0.05, 0) is 49.4 Å². The molecule has 3 fully saturated rings. The molecular formula is C17H32N2O. The zero-order valence-corrected chi connectivity index (χ0v) is 13.3. The highest BCUT2D eigenvalue weighted by Crippen LogP contribution is 2.50. The fraction of sp³-hybridized carbons (Fsp3) is 1.00. The monoisotopic (exact) mass is 280 g/mol. The fourth-order valence-electron chi connectivity index (χ4n) is 4.43. The van der Waals surface area contributed by atoms with E-state index in [-0.39, 0.29) is 0 Å². The molecule has 3 heteroatoms. The van der Waals surface area contributed by atoms with Gasteiger partial charge in [0.2, 0.25) is 0 Å². The Balaban J connectivity index is 1.49. The molecule has 1 heterocycles. The summed E-state index contributed by atoms with van der Waals surface area (Å²) in [6.45, 7) is 8.81. The zero-order valence-electron chi connectivity index (χ0n) is 13.3. The van der Waals surface area contributed by atoms with Crippen LogP contribution in [0.15, 0.2) is 0 Å². The van der Waals surface area contributed by atoms with E-state index in [1.165, 1.54) is 45.1 Å². The average molecular weight is 280 g/mol. The fourth-order valence-corrected chi connectivity index (χ4v) is 4.43. The van der Waals surface area contributed by atoms with Gasteiger partial charge in [-0.25, -0.2) is 0 Å². The van der Waals surface area contributed by atoms with E-state index in [2.05, 4.69) is 24.5 Å². The largest absolute Gasteiger partial charge is 0.379 e. The van der Waals surface area contributed by atoms with E-state index < -0.39 is 0 Å². The van der Waals surface area contributed by atoms with Crippen LogP contribution in [0.2, 0.25) is 0 Å². The second-order valence-corrected chi connectivity index (χ2v) is 7.82. The standard InChI is InChI=1S/C17H32N2O/c1-13(2)10-17(6-7-17)12-19-15-5-3-4-14(15)16-11-20-9-8-18-16/h13-16,18-19H,3-12H2,1-2H3.